The predicted octanol–water partition coefficient (Wildman–Crippen LogP) is 3.38. The lowest BCUT2D eigenvalue weighted by Crippen LogP contribution is -2.50. The second-order valence-electron chi connectivity index (χ2n) is 8.55. The number of halogens is 6. The van der Waals surface area contributed by atoms with E-state index in [0.29, 0.717) is 0 Å². The van der Waals surface area contributed by atoms with Gasteiger partial charge in [0.15, 0.2) is 0 Å². The minimum Gasteiger partial charge on any atom is -0.475 e. The van der Waals surface area contributed by atoms with Crippen LogP contribution < -0.4 is 5.32 Å². The largest absolute Gasteiger partial charge is 0.490 e. The van der Waals surface area contributed by atoms with Gasteiger partial charge in [0.25, 0.3) is 0 Å². The first-order valence-electron chi connectivity index (χ1n) is 11.1. The minimum atomic E-state index is -5.08. The summed E-state index contributed by atoms with van der Waals surface area (Å²) in [5.74, 6) is -5.38. The number of aliphatic carboxylic acids is 2. The van der Waals surface area contributed by atoms with Crippen LogP contribution >= 0.6 is 0 Å². The maximum absolute atomic E-state index is 12.5. The molecule has 2 aliphatic rings. The monoisotopic (exact) mass is 550 g/mol. The SMILES string of the molecule is O=C(O)C(F)(F)F.O=C(O)C(F)(F)F.O=C1NC2(CCN(Cc3cccnc3)CC2)CC1c1ccncc1. The molecule has 2 fully saturated rings. The van der Waals surface area contributed by atoms with E-state index < -0.39 is 24.3 Å². The van der Waals surface area contributed by atoms with E-state index in [1.54, 1.807) is 12.4 Å². The summed E-state index contributed by atoms with van der Waals surface area (Å²) < 4.78 is 63.5. The minimum absolute atomic E-state index is 0.0297. The van der Waals surface area contributed by atoms with E-state index in [0.717, 1.165) is 44.5 Å². The first-order chi connectivity index (χ1) is 17.6. The average Bonchev–Trinajstić information content (AvgIpc) is 3.17. The number of rotatable bonds is 3. The van der Waals surface area contributed by atoms with Gasteiger partial charge in [-0.2, -0.15) is 26.3 Å². The highest BCUT2D eigenvalue weighted by atomic mass is 19.4. The van der Waals surface area contributed by atoms with Crippen molar-refractivity contribution in [2.75, 3.05) is 13.1 Å². The van der Waals surface area contributed by atoms with E-state index in [1.807, 2.05) is 30.6 Å². The molecule has 0 aromatic carbocycles. The fraction of sp³-hybridized carbons (Fsp3) is 0.435. The number of nitrogens with one attached hydrogen (secondary N) is 1. The van der Waals surface area contributed by atoms with Crippen molar-refractivity contribution in [1.82, 2.24) is 20.2 Å². The summed E-state index contributed by atoms with van der Waals surface area (Å²) in [6.07, 6.45) is 0.0369. The van der Waals surface area contributed by atoms with Gasteiger partial charge in [-0.1, -0.05) is 6.07 Å². The van der Waals surface area contributed by atoms with Gasteiger partial charge in [-0.3, -0.25) is 19.7 Å². The number of hydrogen-bond acceptors (Lipinski definition) is 6. The number of carbonyl (C=O) groups excluding carboxylic acids is 1. The molecule has 3 N–H and O–H groups in total. The van der Waals surface area contributed by atoms with Crippen molar-refractivity contribution in [3.63, 3.8) is 0 Å². The lowest BCUT2D eigenvalue weighted by Gasteiger charge is -2.39. The topological polar surface area (TPSA) is 133 Å². The highest BCUT2D eigenvalue weighted by Gasteiger charge is 2.46. The van der Waals surface area contributed by atoms with Gasteiger partial charge < -0.3 is 15.5 Å². The van der Waals surface area contributed by atoms with Crippen LogP contribution in [0.3, 0.4) is 0 Å². The molecule has 0 saturated carbocycles. The van der Waals surface area contributed by atoms with Crippen LogP contribution in [0, 0.1) is 0 Å². The van der Waals surface area contributed by atoms with Gasteiger partial charge in [-0.05, 0) is 48.6 Å². The Balaban J connectivity index is 0.000000301. The second kappa shape index (κ2) is 12.7. The molecule has 208 valence electrons. The first kappa shape index (κ1) is 30.5. The number of carbonyl (C=O) groups is 3. The molecule has 0 radical (unpaired) electrons. The van der Waals surface area contributed by atoms with Gasteiger partial charge in [0, 0.05) is 50.0 Å². The molecule has 2 aromatic rings. The van der Waals surface area contributed by atoms with Crippen molar-refractivity contribution in [1.29, 1.82) is 0 Å². The Labute approximate surface area is 212 Å². The van der Waals surface area contributed by atoms with E-state index >= 15 is 0 Å². The summed E-state index contributed by atoms with van der Waals surface area (Å²) in [6.45, 7) is 2.96. The number of piperidine rings is 1. The summed E-state index contributed by atoms with van der Waals surface area (Å²) >= 11 is 0. The number of nitrogens with zero attached hydrogens (tertiary/aromatic N) is 3. The number of aromatic nitrogens is 2. The van der Waals surface area contributed by atoms with Crippen LogP contribution in [0.4, 0.5) is 26.3 Å². The van der Waals surface area contributed by atoms with Gasteiger partial charge in [0.1, 0.15) is 0 Å². The first-order valence-corrected chi connectivity index (χ1v) is 11.1. The second-order valence-corrected chi connectivity index (χ2v) is 8.55. The number of hydrogen-bond donors (Lipinski definition) is 3. The summed E-state index contributed by atoms with van der Waals surface area (Å²) in [7, 11) is 0. The third-order valence-corrected chi connectivity index (χ3v) is 5.84. The molecule has 0 aliphatic carbocycles. The van der Waals surface area contributed by atoms with Crippen LogP contribution in [0.2, 0.25) is 0 Å². The highest BCUT2D eigenvalue weighted by Crippen LogP contribution is 2.39. The Hall–Kier alpha value is -3.75. The summed E-state index contributed by atoms with van der Waals surface area (Å²) in [6, 6.07) is 8.02. The van der Waals surface area contributed by atoms with Crippen molar-refractivity contribution in [2.24, 2.45) is 0 Å². The Morgan fingerprint density at radius 3 is 1.92 bits per heavy atom. The van der Waals surface area contributed by atoms with E-state index in [-0.39, 0.29) is 17.4 Å². The van der Waals surface area contributed by atoms with Gasteiger partial charge >= 0.3 is 24.3 Å². The number of pyridine rings is 2. The molecule has 2 aromatic heterocycles. The van der Waals surface area contributed by atoms with Crippen LogP contribution in [-0.2, 0) is 20.9 Å². The quantitative estimate of drug-likeness (QED) is 0.496. The van der Waals surface area contributed by atoms with Crippen molar-refractivity contribution < 1.29 is 50.9 Å². The highest BCUT2D eigenvalue weighted by molar-refractivity contribution is 5.87. The molecule has 2 saturated heterocycles. The Morgan fingerprint density at radius 2 is 1.47 bits per heavy atom. The Bertz CT molecular complexity index is 1050. The zero-order chi connectivity index (χ0) is 28.6. The fourth-order valence-corrected chi connectivity index (χ4v) is 3.97. The van der Waals surface area contributed by atoms with Crippen molar-refractivity contribution in [3.8, 4) is 0 Å². The predicted molar refractivity (Wildman–Crippen MR) is 119 cm³/mol. The molecular weight excluding hydrogens is 526 g/mol. The van der Waals surface area contributed by atoms with Gasteiger partial charge in [-0.15, -0.1) is 0 Å². The summed E-state index contributed by atoms with van der Waals surface area (Å²) in [5.41, 5.74) is 2.30. The number of amides is 1. The summed E-state index contributed by atoms with van der Waals surface area (Å²) in [4.78, 5) is 40.9. The third-order valence-electron chi connectivity index (χ3n) is 5.84. The molecule has 1 atom stereocenters. The maximum Gasteiger partial charge on any atom is 0.490 e. The molecule has 4 heterocycles. The van der Waals surface area contributed by atoms with Crippen LogP contribution in [-0.4, -0.2) is 73.9 Å². The van der Waals surface area contributed by atoms with Gasteiger partial charge in [0.05, 0.1) is 5.92 Å². The standard InChI is InChI=1S/C19H22N4O.2C2HF3O2/c24-18-17(16-3-8-20-9-4-16)12-19(22-18)5-10-23(11-6-19)14-15-2-1-7-21-13-15;2*3-2(4,5)1(6)7/h1-4,7-9,13,17H,5-6,10-12,14H2,(H,22,24);2*(H,6,7). The fourth-order valence-electron chi connectivity index (χ4n) is 3.97. The number of alkyl halides is 6. The molecular formula is C23H24F6N4O5. The molecule has 9 nitrogen and oxygen atoms in total. The average molecular weight is 550 g/mol. The van der Waals surface area contributed by atoms with E-state index in [4.69, 9.17) is 19.8 Å². The van der Waals surface area contributed by atoms with Crippen LogP contribution in [0.15, 0.2) is 49.1 Å². The van der Waals surface area contributed by atoms with Crippen molar-refractivity contribution in [3.05, 3.63) is 60.2 Å². The Morgan fingerprint density at radius 1 is 0.947 bits per heavy atom. The summed E-state index contributed by atoms with van der Waals surface area (Å²) in [5, 5.41) is 17.6. The molecule has 4 rings (SSSR count). The van der Waals surface area contributed by atoms with Gasteiger partial charge in [0.2, 0.25) is 5.91 Å². The molecule has 15 heteroatoms. The van der Waals surface area contributed by atoms with E-state index in [9.17, 15) is 31.1 Å². The van der Waals surface area contributed by atoms with Gasteiger partial charge in [-0.25, -0.2) is 9.59 Å². The number of carboxylic acids is 2. The van der Waals surface area contributed by atoms with Crippen LogP contribution in [0.5, 0.6) is 0 Å². The zero-order valence-electron chi connectivity index (χ0n) is 19.7. The van der Waals surface area contributed by atoms with Crippen molar-refractivity contribution >= 4 is 17.8 Å². The Kier molecular flexibility index (Phi) is 10.2. The maximum atomic E-state index is 12.5. The molecule has 1 amide bonds. The molecule has 0 bridgehead atoms. The normalized spacial score (nSPS) is 18.9. The van der Waals surface area contributed by atoms with E-state index in [1.165, 1.54) is 5.56 Å². The lowest BCUT2D eigenvalue weighted by atomic mass is 9.82. The molecule has 1 unspecified atom stereocenters. The molecule has 38 heavy (non-hydrogen) atoms. The van der Waals surface area contributed by atoms with Crippen LogP contribution in [0.1, 0.15) is 36.3 Å². The van der Waals surface area contributed by atoms with E-state index in [2.05, 4.69) is 26.3 Å². The third kappa shape index (κ3) is 9.28. The smallest absolute Gasteiger partial charge is 0.475 e. The van der Waals surface area contributed by atoms with Crippen LogP contribution in [0.25, 0.3) is 0 Å². The number of likely N-dealkylation sites (tertiary alicyclic amines) is 1. The molecule has 2 aliphatic heterocycles. The molecule has 1 spiro atoms. The zero-order valence-corrected chi connectivity index (χ0v) is 19.7. The van der Waals surface area contributed by atoms with Crippen molar-refractivity contribution in [2.45, 2.75) is 49.6 Å². The lowest BCUT2D eigenvalue weighted by molar-refractivity contribution is -0.193. The number of carboxylic acid groups (broad SMARTS) is 2.